The molecule has 0 aliphatic rings. The molecule has 9 heteroatoms. The summed E-state index contributed by atoms with van der Waals surface area (Å²) in [5.41, 5.74) is 7.36. The number of hydrogen-bond donors (Lipinski definition) is 2. The van der Waals surface area contributed by atoms with Crippen LogP contribution in [0.2, 0.25) is 5.02 Å². The summed E-state index contributed by atoms with van der Waals surface area (Å²) in [7, 11) is 0. The van der Waals surface area contributed by atoms with Crippen LogP contribution in [0.4, 0.5) is 0 Å². The van der Waals surface area contributed by atoms with E-state index in [1.165, 1.54) is 0 Å². The quantitative estimate of drug-likeness (QED) is 0.299. The van der Waals surface area contributed by atoms with Gasteiger partial charge in [0.05, 0.1) is 18.2 Å². The second kappa shape index (κ2) is 10.5. The van der Waals surface area contributed by atoms with Gasteiger partial charge >= 0.3 is 0 Å². The molecule has 170 valence electrons. The van der Waals surface area contributed by atoms with Gasteiger partial charge in [0.25, 0.3) is 0 Å². The Hall–Kier alpha value is -3.36. The molecule has 0 fully saturated rings. The molecule has 7 nitrogen and oxygen atoms in total. The molecule has 0 saturated carbocycles. The molecular formula is C24H24ClN5O2S. The Bertz CT molecular complexity index is 1290. The Morgan fingerprint density at radius 1 is 1.12 bits per heavy atom. The van der Waals surface area contributed by atoms with E-state index in [9.17, 15) is 0 Å². The average molecular weight is 482 g/mol. The summed E-state index contributed by atoms with van der Waals surface area (Å²) in [6.07, 6.45) is 3.42. The fourth-order valence-electron chi connectivity index (χ4n) is 3.36. The number of nitrogens with one attached hydrogen (secondary N) is 2. The van der Waals surface area contributed by atoms with Crippen LogP contribution < -0.4 is 14.9 Å². The number of nitrogens with zero attached hydrogens (tertiary/aromatic N) is 3. The first kappa shape index (κ1) is 22.8. The highest BCUT2D eigenvalue weighted by atomic mass is 35.5. The first-order chi connectivity index (χ1) is 16.1. The van der Waals surface area contributed by atoms with Crippen molar-refractivity contribution < 1.29 is 9.47 Å². The predicted molar refractivity (Wildman–Crippen MR) is 132 cm³/mol. The van der Waals surface area contributed by atoms with Crippen LogP contribution in [0.25, 0.3) is 11.4 Å². The Labute approximate surface area is 202 Å². The van der Waals surface area contributed by atoms with Gasteiger partial charge in [-0.05, 0) is 67.0 Å². The number of ether oxygens (including phenoxy) is 2. The monoisotopic (exact) mass is 481 g/mol. The molecule has 0 amide bonds. The zero-order chi connectivity index (χ0) is 23.2. The largest absolute Gasteiger partial charge is 0.490 e. The van der Waals surface area contributed by atoms with Crippen molar-refractivity contribution in [1.82, 2.24) is 19.9 Å². The fourth-order valence-corrected chi connectivity index (χ4v) is 3.84. The Kier molecular flexibility index (Phi) is 7.26. The smallest absolute Gasteiger partial charge is 0.214 e. The molecule has 2 heterocycles. The molecule has 0 aliphatic carbocycles. The van der Waals surface area contributed by atoms with Gasteiger partial charge in [-0.3, -0.25) is 4.98 Å². The number of aryl methyl sites for hydroxylation is 1. The molecular weight excluding hydrogens is 458 g/mol. The highest BCUT2D eigenvalue weighted by molar-refractivity contribution is 7.71. The van der Waals surface area contributed by atoms with Crippen LogP contribution in [0.15, 0.2) is 60.9 Å². The third-order valence-electron chi connectivity index (χ3n) is 5.05. The first-order valence-corrected chi connectivity index (χ1v) is 11.3. The summed E-state index contributed by atoms with van der Waals surface area (Å²) >= 11 is 12.0. The van der Waals surface area contributed by atoms with E-state index in [4.69, 9.17) is 33.3 Å². The fraction of sp³-hybridized carbons (Fsp3) is 0.208. The molecule has 0 unspecified atom stereocenters. The van der Waals surface area contributed by atoms with Crippen LogP contribution in [0.5, 0.6) is 11.5 Å². The Balaban J connectivity index is 1.54. The molecule has 33 heavy (non-hydrogen) atoms. The third-order valence-corrected chi connectivity index (χ3v) is 5.61. The Morgan fingerprint density at radius 2 is 1.91 bits per heavy atom. The molecule has 0 radical (unpaired) electrons. The summed E-state index contributed by atoms with van der Waals surface area (Å²) in [6.45, 7) is 5.33. The predicted octanol–water partition coefficient (Wildman–Crippen LogP) is 5.69. The summed E-state index contributed by atoms with van der Waals surface area (Å²) < 4.78 is 14.1. The number of pyridine rings is 1. The molecule has 2 aromatic carbocycles. The lowest BCUT2D eigenvalue weighted by Gasteiger charge is -2.17. The van der Waals surface area contributed by atoms with E-state index >= 15 is 0 Å². The van der Waals surface area contributed by atoms with Crippen molar-refractivity contribution in [3.05, 3.63) is 87.4 Å². The number of benzene rings is 2. The van der Waals surface area contributed by atoms with Gasteiger partial charge in [-0.2, -0.15) is 5.10 Å². The molecule has 2 N–H and O–H groups in total. The van der Waals surface area contributed by atoms with Gasteiger partial charge in [0.2, 0.25) is 4.77 Å². The van der Waals surface area contributed by atoms with Gasteiger partial charge in [-0.1, -0.05) is 35.9 Å². The number of aromatic nitrogens is 4. The maximum Gasteiger partial charge on any atom is 0.214 e. The van der Waals surface area contributed by atoms with Crippen LogP contribution >= 0.6 is 23.8 Å². The lowest BCUT2D eigenvalue weighted by atomic mass is 10.1. The summed E-state index contributed by atoms with van der Waals surface area (Å²) in [4.78, 5) is 4.05. The van der Waals surface area contributed by atoms with Gasteiger partial charge in [0.1, 0.15) is 6.61 Å². The number of H-pyrrole nitrogens is 1. The molecule has 0 bridgehead atoms. The second-order valence-electron chi connectivity index (χ2n) is 7.31. The lowest BCUT2D eigenvalue weighted by Crippen LogP contribution is -2.16. The van der Waals surface area contributed by atoms with E-state index in [1.807, 2.05) is 49.4 Å². The average Bonchev–Trinajstić information content (AvgIpc) is 3.19. The van der Waals surface area contributed by atoms with Crippen molar-refractivity contribution in [3.8, 4) is 22.9 Å². The van der Waals surface area contributed by atoms with Crippen LogP contribution in [0.1, 0.15) is 23.6 Å². The van der Waals surface area contributed by atoms with Gasteiger partial charge in [0, 0.05) is 18.0 Å². The SMILES string of the molecule is CCOc1cc(CNn2c(-c3ccncc3)n[nH]c2=S)cc(Cl)c1OCc1ccccc1C. The first-order valence-electron chi connectivity index (χ1n) is 10.5. The van der Waals surface area contributed by atoms with Gasteiger partial charge in [-0.15, -0.1) is 0 Å². The highest BCUT2D eigenvalue weighted by Crippen LogP contribution is 2.37. The Morgan fingerprint density at radius 3 is 2.67 bits per heavy atom. The van der Waals surface area contributed by atoms with Gasteiger partial charge < -0.3 is 14.9 Å². The number of aromatic amines is 1. The van der Waals surface area contributed by atoms with Crippen molar-refractivity contribution in [1.29, 1.82) is 0 Å². The molecule has 0 aliphatic heterocycles. The number of halogens is 1. The summed E-state index contributed by atoms with van der Waals surface area (Å²) in [5.74, 6) is 1.79. The second-order valence-corrected chi connectivity index (χ2v) is 8.11. The van der Waals surface area contributed by atoms with Crippen LogP contribution in [0, 0.1) is 11.7 Å². The standard InChI is InChI=1S/C24H24ClN5O2S/c1-3-31-21-13-17(12-20(25)22(21)32-15-19-7-5-4-6-16(19)2)14-27-30-23(28-29-24(30)33)18-8-10-26-11-9-18/h4-13,27H,3,14-15H2,1-2H3,(H,29,33). The van der Waals surface area contributed by atoms with Crippen molar-refractivity contribution in [2.75, 3.05) is 12.0 Å². The lowest BCUT2D eigenvalue weighted by molar-refractivity contribution is 0.269. The molecule has 0 atom stereocenters. The maximum absolute atomic E-state index is 6.61. The molecule has 2 aromatic heterocycles. The van der Waals surface area contributed by atoms with Crippen LogP contribution in [-0.4, -0.2) is 26.5 Å². The maximum atomic E-state index is 6.61. The summed E-state index contributed by atoms with van der Waals surface area (Å²) in [6, 6.07) is 15.6. The topological polar surface area (TPSA) is 77.0 Å². The minimum atomic E-state index is 0.406. The summed E-state index contributed by atoms with van der Waals surface area (Å²) in [5, 5.41) is 7.63. The normalized spacial score (nSPS) is 10.8. The number of hydrogen-bond acceptors (Lipinski definition) is 6. The van der Waals surface area contributed by atoms with Crippen molar-refractivity contribution in [2.45, 2.75) is 27.0 Å². The van der Waals surface area contributed by atoms with E-state index in [-0.39, 0.29) is 0 Å². The van der Waals surface area contributed by atoms with Crippen molar-refractivity contribution in [3.63, 3.8) is 0 Å². The third kappa shape index (κ3) is 5.35. The number of rotatable bonds is 9. The van der Waals surface area contributed by atoms with E-state index in [0.717, 1.165) is 22.3 Å². The van der Waals surface area contributed by atoms with E-state index < -0.39 is 0 Å². The van der Waals surface area contributed by atoms with Gasteiger partial charge in [-0.25, -0.2) is 9.77 Å². The minimum Gasteiger partial charge on any atom is -0.490 e. The van der Waals surface area contributed by atoms with E-state index in [1.54, 1.807) is 17.1 Å². The zero-order valence-corrected chi connectivity index (χ0v) is 19.9. The van der Waals surface area contributed by atoms with Gasteiger partial charge in [0.15, 0.2) is 17.3 Å². The molecule has 0 spiro atoms. The van der Waals surface area contributed by atoms with Crippen molar-refractivity contribution in [2.24, 2.45) is 0 Å². The van der Waals surface area contributed by atoms with E-state index in [2.05, 4.69) is 33.6 Å². The zero-order valence-electron chi connectivity index (χ0n) is 18.3. The van der Waals surface area contributed by atoms with Crippen LogP contribution in [-0.2, 0) is 13.2 Å². The minimum absolute atomic E-state index is 0.406. The molecule has 0 saturated heterocycles. The van der Waals surface area contributed by atoms with Crippen molar-refractivity contribution >= 4 is 23.8 Å². The van der Waals surface area contributed by atoms with Crippen LogP contribution in [0.3, 0.4) is 0 Å². The molecule has 4 aromatic rings. The van der Waals surface area contributed by atoms with E-state index in [0.29, 0.717) is 46.9 Å². The molecule has 4 rings (SSSR count). The highest BCUT2D eigenvalue weighted by Gasteiger charge is 2.15.